The van der Waals surface area contributed by atoms with Crippen LogP contribution in [0, 0.1) is 0 Å². The first kappa shape index (κ1) is 23.4. The molecule has 164 valence electrons. The molecule has 1 fully saturated rings. The topological polar surface area (TPSA) is 78.5 Å². The molecule has 0 aromatic heterocycles. The number of rotatable bonds is 5. The Morgan fingerprint density at radius 1 is 1.00 bits per heavy atom. The smallest absolute Gasteiger partial charge is 0.250 e. The second-order valence-electron chi connectivity index (χ2n) is 7.14. The Morgan fingerprint density at radius 2 is 1.65 bits per heavy atom. The lowest BCUT2D eigenvalue weighted by atomic mass is 10.2. The molecule has 3 rings (SSSR count). The molecule has 1 amide bonds. The molecular weight excluding hydrogens is 454 g/mol. The van der Waals surface area contributed by atoms with Gasteiger partial charge < -0.3 is 5.32 Å². The van der Waals surface area contributed by atoms with Crippen molar-refractivity contribution in [1.29, 1.82) is 0 Å². The van der Waals surface area contributed by atoms with E-state index in [1.807, 2.05) is 12.1 Å². The molecule has 0 saturated carbocycles. The van der Waals surface area contributed by atoms with Crippen LogP contribution in [-0.4, -0.2) is 36.8 Å². The van der Waals surface area contributed by atoms with Gasteiger partial charge in [-0.2, -0.15) is 4.31 Å². The second-order valence-corrected chi connectivity index (χ2v) is 9.89. The van der Waals surface area contributed by atoms with Crippen LogP contribution in [0.25, 0.3) is 6.08 Å². The van der Waals surface area contributed by atoms with Crippen LogP contribution in [0.3, 0.4) is 0 Å². The summed E-state index contributed by atoms with van der Waals surface area (Å²) in [5.74, 6) is -0.405. The van der Waals surface area contributed by atoms with E-state index >= 15 is 0 Å². The molecule has 2 aromatic rings. The average Bonchev–Trinajstić information content (AvgIpc) is 3.04. The summed E-state index contributed by atoms with van der Waals surface area (Å²) >= 11 is 11.2. The van der Waals surface area contributed by atoms with Crippen LogP contribution in [0.1, 0.15) is 31.2 Å². The molecule has 2 aromatic carbocycles. The highest BCUT2D eigenvalue weighted by atomic mass is 35.5. The zero-order chi connectivity index (χ0) is 22.3. The number of amides is 1. The molecule has 0 atom stereocenters. The number of thiocarbonyl (C=S) groups is 1. The molecule has 9 heteroatoms. The molecule has 1 aliphatic rings. The lowest BCUT2D eigenvalue weighted by Crippen LogP contribution is -2.33. The number of halogens is 1. The van der Waals surface area contributed by atoms with E-state index in [1.54, 1.807) is 46.8 Å². The maximum atomic E-state index is 12.8. The van der Waals surface area contributed by atoms with E-state index in [9.17, 15) is 13.2 Å². The molecule has 0 spiro atoms. The first-order chi connectivity index (χ1) is 14.9. The Bertz CT molecular complexity index is 1060. The lowest BCUT2D eigenvalue weighted by Gasteiger charge is -2.20. The Hall–Kier alpha value is -2.26. The number of hydrogen-bond donors (Lipinski definition) is 2. The predicted octanol–water partition coefficient (Wildman–Crippen LogP) is 4.43. The highest BCUT2D eigenvalue weighted by Crippen LogP contribution is 2.22. The van der Waals surface area contributed by atoms with E-state index in [2.05, 4.69) is 10.6 Å². The summed E-state index contributed by atoms with van der Waals surface area (Å²) in [4.78, 5) is 12.3. The van der Waals surface area contributed by atoms with Gasteiger partial charge in [0, 0.05) is 29.9 Å². The highest BCUT2D eigenvalue weighted by molar-refractivity contribution is 7.89. The van der Waals surface area contributed by atoms with E-state index < -0.39 is 15.9 Å². The van der Waals surface area contributed by atoms with Crippen molar-refractivity contribution in [3.05, 3.63) is 65.2 Å². The van der Waals surface area contributed by atoms with Crippen molar-refractivity contribution in [2.75, 3.05) is 18.4 Å². The predicted molar refractivity (Wildman–Crippen MR) is 129 cm³/mol. The van der Waals surface area contributed by atoms with E-state index in [1.165, 1.54) is 6.08 Å². The minimum absolute atomic E-state index is 0.108. The molecule has 1 heterocycles. The fourth-order valence-corrected chi connectivity index (χ4v) is 5.17. The van der Waals surface area contributed by atoms with Crippen LogP contribution in [0.15, 0.2) is 59.5 Å². The highest BCUT2D eigenvalue weighted by Gasteiger charge is 2.24. The summed E-state index contributed by atoms with van der Waals surface area (Å²) in [5.41, 5.74) is 1.30. The van der Waals surface area contributed by atoms with E-state index in [4.69, 9.17) is 23.8 Å². The van der Waals surface area contributed by atoms with Crippen molar-refractivity contribution in [2.24, 2.45) is 0 Å². The number of nitrogens with one attached hydrogen (secondary N) is 2. The van der Waals surface area contributed by atoms with Crippen molar-refractivity contribution in [3.63, 3.8) is 0 Å². The van der Waals surface area contributed by atoms with Gasteiger partial charge in [-0.05, 0) is 67.0 Å². The van der Waals surface area contributed by atoms with E-state index in [-0.39, 0.29) is 10.0 Å². The fourth-order valence-electron chi connectivity index (χ4n) is 3.23. The Morgan fingerprint density at radius 3 is 2.29 bits per heavy atom. The van der Waals surface area contributed by atoms with Crippen molar-refractivity contribution < 1.29 is 13.2 Å². The summed E-state index contributed by atoms with van der Waals surface area (Å²) in [5, 5.41) is 6.08. The van der Waals surface area contributed by atoms with Crippen molar-refractivity contribution >= 4 is 56.6 Å². The minimum atomic E-state index is -3.50. The standard InChI is InChI=1S/C22H24ClN3O3S2/c23-20-8-4-3-7-17(20)9-14-21(27)25-22(30)24-18-10-12-19(13-11-18)31(28,29)26-15-5-1-2-6-16-26/h3-4,7-14H,1-2,5-6,15-16H2,(H2,24,25,27,30)/b14-9+. The van der Waals surface area contributed by atoms with E-state index in [0.29, 0.717) is 23.8 Å². The minimum Gasteiger partial charge on any atom is -0.332 e. The lowest BCUT2D eigenvalue weighted by molar-refractivity contribution is -0.115. The summed E-state index contributed by atoms with van der Waals surface area (Å²) < 4.78 is 27.2. The van der Waals surface area contributed by atoms with Gasteiger partial charge in [0.1, 0.15) is 0 Å². The third-order valence-corrected chi connectivity index (χ3v) is 7.33. The number of anilines is 1. The molecule has 31 heavy (non-hydrogen) atoms. The van der Waals surface area contributed by atoms with Gasteiger partial charge in [0.05, 0.1) is 4.90 Å². The summed E-state index contributed by atoms with van der Waals surface area (Å²) in [6, 6.07) is 13.5. The normalized spacial score (nSPS) is 15.4. The van der Waals surface area contributed by atoms with Crippen LogP contribution in [0.5, 0.6) is 0 Å². The molecular formula is C22H24ClN3O3S2. The van der Waals surface area contributed by atoms with Crippen molar-refractivity contribution in [3.8, 4) is 0 Å². The fraction of sp³-hybridized carbons (Fsp3) is 0.273. The number of nitrogens with zero attached hydrogens (tertiary/aromatic N) is 1. The van der Waals surface area contributed by atoms with Crippen molar-refractivity contribution in [2.45, 2.75) is 30.6 Å². The Kier molecular flexibility index (Phi) is 8.20. The van der Waals surface area contributed by atoms with Crippen LogP contribution in [0.4, 0.5) is 5.69 Å². The number of carbonyl (C=O) groups is 1. The summed E-state index contributed by atoms with van der Waals surface area (Å²) in [7, 11) is -3.50. The first-order valence-corrected chi connectivity index (χ1v) is 12.2. The Labute approximate surface area is 193 Å². The zero-order valence-corrected chi connectivity index (χ0v) is 19.3. The van der Waals surface area contributed by atoms with Gasteiger partial charge in [0.2, 0.25) is 15.9 Å². The molecule has 6 nitrogen and oxygen atoms in total. The molecule has 0 radical (unpaired) electrons. The van der Waals surface area contributed by atoms with Gasteiger partial charge in [-0.1, -0.05) is 42.6 Å². The SMILES string of the molecule is O=C(/C=C/c1ccccc1Cl)NC(=S)Nc1ccc(S(=O)(=O)N2CCCCCC2)cc1. The largest absolute Gasteiger partial charge is 0.332 e. The maximum Gasteiger partial charge on any atom is 0.250 e. The third kappa shape index (κ3) is 6.61. The number of benzene rings is 2. The maximum absolute atomic E-state index is 12.8. The number of hydrogen-bond acceptors (Lipinski definition) is 4. The summed E-state index contributed by atoms with van der Waals surface area (Å²) in [6.45, 7) is 1.11. The van der Waals surface area contributed by atoms with E-state index in [0.717, 1.165) is 31.2 Å². The van der Waals surface area contributed by atoms with Gasteiger partial charge in [-0.3, -0.25) is 10.1 Å². The molecule has 2 N–H and O–H groups in total. The monoisotopic (exact) mass is 477 g/mol. The van der Waals surface area contributed by atoms with Crippen LogP contribution < -0.4 is 10.6 Å². The van der Waals surface area contributed by atoms with Gasteiger partial charge in [-0.15, -0.1) is 0 Å². The van der Waals surface area contributed by atoms with Crippen LogP contribution >= 0.6 is 23.8 Å². The Balaban J connectivity index is 1.57. The summed E-state index contributed by atoms with van der Waals surface area (Å²) in [6.07, 6.45) is 6.83. The van der Waals surface area contributed by atoms with Gasteiger partial charge >= 0.3 is 0 Å². The van der Waals surface area contributed by atoms with Crippen molar-refractivity contribution in [1.82, 2.24) is 9.62 Å². The zero-order valence-electron chi connectivity index (χ0n) is 16.9. The molecule has 0 unspecified atom stereocenters. The van der Waals surface area contributed by atoms with Gasteiger partial charge in [0.25, 0.3) is 0 Å². The van der Waals surface area contributed by atoms with Crippen LogP contribution in [0.2, 0.25) is 5.02 Å². The van der Waals surface area contributed by atoms with Gasteiger partial charge in [-0.25, -0.2) is 8.42 Å². The second kappa shape index (κ2) is 10.9. The van der Waals surface area contributed by atoms with Crippen LogP contribution in [-0.2, 0) is 14.8 Å². The quantitative estimate of drug-likeness (QED) is 0.492. The third-order valence-electron chi connectivity index (χ3n) is 4.87. The molecule has 1 saturated heterocycles. The molecule has 0 bridgehead atoms. The average molecular weight is 478 g/mol. The first-order valence-electron chi connectivity index (χ1n) is 10.0. The molecule has 1 aliphatic heterocycles. The number of sulfonamides is 1. The number of carbonyl (C=O) groups excluding carboxylic acids is 1. The molecule has 0 aliphatic carbocycles. The van der Waals surface area contributed by atoms with Gasteiger partial charge in [0.15, 0.2) is 5.11 Å².